The molecule has 0 aliphatic carbocycles. The lowest BCUT2D eigenvalue weighted by Gasteiger charge is -2.24. The van der Waals surface area contributed by atoms with Gasteiger partial charge in [-0.05, 0) is 33.1 Å². The first-order chi connectivity index (χ1) is 9.26. The molecule has 1 atom stereocenters. The predicted molar refractivity (Wildman–Crippen MR) is 71.2 cm³/mol. The van der Waals surface area contributed by atoms with Crippen LogP contribution in [0, 0.1) is 0 Å². The second-order valence-electron chi connectivity index (χ2n) is 4.85. The van der Waals surface area contributed by atoms with Crippen molar-refractivity contribution in [3.63, 3.8) is 0 Å². The Bertz CT molecular complexity index is 271. The number of hydrogen-bond donors (Lipinski definition) is 1. The number of rotatable bonds is 10. The van der Waals surface area contributed by atoms with Gasteiger partial charge in [0.2, 0.25) is 5.91 Å². The van der Waals surface area contributed by atoms with Gasteiger partial charge in [0.15, 0.2) is 0 Å². The number of ether oxygens (including phenoxy) is 1. The van der Waals surface area contributed by atoms with Crippen LogP contribution >= 0.6 is 0 Å². The maximum Gasteiger partial charge on any atom is 0.406 e. The van der Waals surface area contributed by atoms with E-state index in [2.05, 4.69) is 0 Å². The van der Waals surface area contributed by atoms with Gasteiger partial charge in [-0.1, -0.05) is 0 Å². The molecule has 0 fully saturated rings. The van der Waals surface area contributed by atoms with E-state index in [1.54, 1.807) is 6.92 Å². The highest BCUT2D eigenvalue weighted by atomic mass is 19.4. The standard InChI is InChI=1S/C13H25F3N2O2/c1-3-20-9-5-8-18(10-13(14,15)16)12(19)7-4-6-11(2)17/h11H,3-10,17H2,1-2H3. The van der Waals surface area contributed by atoms with E-state index in [-0.39, 0.29) is 19.0 Å². The van der Waals surface area contributed by atoms with Gasteiger partial charge in [0.1, 0.15) is 6.54 Å². The van der Waals surface area contributed by atoms with Crippen LogP contribution < -0.4 is 5.73 Å². The van der Waals surface area contributed by atoms with Crippen molar-refractivity contribution < 1.29 is 22.7 Å². The Hall–Kier alpha value is -0.820. The Morgan fingerprint density at radius 1 is 1.35 bits per heavy atom. The number of hydrogen-bond acceptors (Lipinski definition) is 3. The Kier molecular flexibility index (Phi) is 9.58. The van der Waals surface area contributed by atoms with Crippen LogP contribution in [-0.2, 0) is 9.53 Å². The molecule has 2 N–H and O–H groups in total. The van der Waals surface area contributed by atoms with Gasteiger partial charge in [0.25, 0.3) is 0 Å². The van der Waals surface area contributed by atoms with Gasteiger partial charge in [0.05, 0.1) is 0 Å². The maximum atomic E-state index is 12.4. The van der Waals surface area contributed by atoms with E-state index in [9.17, 15) is 18.0 Å². The van der Waals surface area contributed by atoms with E-state index < -0.39 is 18.6 Å². The Labute approximate surface area is 118 Å². The van der Waals surface area contributed by atoms with Crippen molar-refractivity contribution in [1.82, 2.24) is 4.90 Å². The molecule has 0 radical (unpaired) electrons. The summed E-state index contributed by atoms with van der Waals surface area (Å²) in [6.07, 6.45) is -2.72. The van der Waals surface area contributed by atoms with E-state index in [1.165, 1.54) is 0 Å². The molecule has 7 heteroatoms. The lowest BCUT2D eigenvalue weighted by atomic mass is 10.1. The molecule has 4 nitrogen and oxygen atoms in total. The second kappa shape index (κ2) is 9.99. The molecule has 0 aliphatic rings. The van der Waals surface area contributed by atoms with E-state index in [0.29, 0.717) is 32.5 Å². The number of carbonyl (C=O) groups is 1. The zero-order valence-corrected chi connectivity index (χ0v) is 12.2. The van der Waals surface area contributed by atoms with Crippen LogP contribution in [0.25, 0.3) is 0 Å². The summed E-state index contributed by atoms with van der Waals surface area (Å²) >= 11 is 0. The Balaban J connectivity index is 4.24. The smallest absolute Gasteiger partial charge is 0.382 e. The van der Waals surface area contributed by atoms with Gasteiger partial charge in [-0.15, -0.1) is 0 Å². The summed E-state index contributed by atoms with van der Waals surface area (Å²) in [6.45, 7) is 3.36. The first kappa shape index (κ1) is 19.2. The van der Waals surface area contributed by atoms with Crippen LogP contribution in [0.1, 0.15) is 39.5 Å². The molecule has 0 aromatic heterocycles. The molecule has 0 saturated carbocycles. The second-order valence-corrected chi connectivity index (χ2v) is 4.85. The molecule has 0 spiro atoms. The summed E-state index contributed by atoms with van der Waals surface area (Å²) in [7, 11) is 0. The molecule has 1 unspecified atom stereocenters. The summed E-state index contributed by atoms with van der Waals surface area (Å²) in [4.78, 5) is 12.7. The van der Waals surface area contributed by atoms with Crippen molar-refractivity contribution in [1.29, 1.82) is 0 Å². The van der Waals surface area contributed by atoms with Gasteiger partial charge in [-0.2, -0.15) is 13.2 Å². The minimum absolute atomic E-state index is 0.0446. The predicted octanol–water partition coefficient (Wildman–Crippen LogP) is 2.32. The van der Waals surface area contributed by atoms with Gasteiger partial charge >= 0.3 is 6.18 Å². The Morgan fingerprint density at radius 3 is 2.50 bits per heavy atom. The number of nitrogens with two attached hydrogens (primary N) is 1. The highest BCUT2D eigenvalue weighted by molar-refractivity contribution is 5.76. The molecular weight excluding hydrogens is 273 g/mol. The van der Waals surface area contributed by atoms with Crippen molar-refractivity contribution in [3.05, 3.63) is 0 Å². The lowest BCUT2D eigenvalue weighted by Crippen LogP contribution is -2.40. The first-order valence-electron chi connectivity index (χ1n) is 6.94. The van der Waals surface area contributed by atoms with Gasteiger partial charge in [0, 0.05) is 32.2 Å². The quantitative estimate of drug-likeness (QED) is 0.630. The number of alkyl halides is 3. The molecule has 120 valence electrons. The highest BCUT2D eigenvalue weighted by Crippen LogP contribution is 2.17. The maximum absolute atomic E-state index is 12.4. The van der Waals surface area contributed by atoms with Crippen molar-refractivity contribution >= 4 is 5.91 Å². The normalized spacial score (nSPS) is 13.3. The molecule has 0 saturated heterocycles. The van der Waals surface area contributed by atoms with E-state index >= 15 is 0 Å². The van der Waals surface area contributed by atoms with Crippen LogP contribution in [0.4, 0.5) is 13.2 Å². The van der Waals surface area contributed by atoms with Crippen molar-refractivity contribution in [2.24, 2.45) is 5.73 Å². The highest BCUT2D eigenvalue weighted by Gasteiger charge is 2.32. The molecule has 1 amide bonds. The molecule has 20 heavy (non-hydrogen) atoms. The van der Waals surface area contributed by atoms with Gasteiger partial charge in [-0.3, -0.25) is 4.79 Å². The lowest BCUT2D eigenvalue weighted by molar-refractivity contribution is -0.161. The summed E-state index contributed by atoms with van der Waals surface area (Å²) < 4.78 is 42.4. The average molecular weight is 298 g/mol. The summed E-state index contributed by atoms with van der Waals surface area (Å²) in [5.74, 6) is -0.473. The number of amides is 1. The minimum Gasteiger partial charge on any atom is -0.382 e. The third-order valence-corrected chi connectivity index (χ3v) is 2.69. The zero-order valence-electron chi connectivity index (χ0n) is 12.2. The molecule has 0 aromatic carbocycles. The molecule has 0 heterocycles. The van der Waals surface area contributed by atoms with Crippen LogP contribution in [0.5, 0.6) is 0 Å². The minimum atomic E-state index is -4.37. The van der Waals surface area contributed by atoms with Crippen molar-refractivity contribution in [2.45, 2.75) is 51.7 Å². The van der Waals surface area contributed by atoms with E-state index in [0.717, 1.165) is 4.90 Å². The third-order valence-electron chi connectivity index (χ3n) is 2.69. The average Bonchev–Trinajstić information content (AvgIpc) is 2.31. The SMILES string of the molecule is CCOCCCN(CC(F)(F)F)C(=O)CCCC(C)N. The molecule has 0 rings (SSSR count). The van der Waals surface area contributed by atoms with Crippen LogP contribution in [0.15, 0.2) is 0 Å². The Morgan fingerprint density at radius 2 is 2.00 bits per heavy atom. The summed E-state index contributed by atoms with van der Waals surface area (Å²) in [5, 5.41) is 0. The van der Waals surface area contributed by atoms with Gasteiger partial charge < -0.3 is 15.4 Å². The third kappa shape index (κ3) is 11.0. The largest absolute Gasteiger partial charge is 0.406 e. The summed E-state index contributed by atoms with van der Waals surface area (Å²) in [5.41, 5.74) is 5.55. The first-order valence-corrected chi connectivity index (χ1v) is 6.94. The molecule has 0 bridgehead atoms. The number of halogens is 3. The fraction of sp³-hybridized carbons (Fsp3) is 0.923. The number of carbonyl (C=O) groups excluding carboxylic acids is 1. The van der Waals surface area contributed by atoms with E-state index in [1.807, 2.05) is 6.92 Å². The van der Waals surface area contributed by atoms with Gasteiger partial charge in [-0.25, -0.2) is 0 Å². The zero-order chi connectivity index (χ0) is 15.6. The fourth-order valence-corrected chi connectivity index (χ4v) is 1.74. The monoisotopic (exact) mass is 298 g/mol. The fourth-order valence-electron chi connectivity index (χ4n) is 1.74. The molecular formula is C13H25F3N2O2. The number of nitrogens with zero attached hydrogens (tertiary/aromatic N) is 1. The van der Waals surface area contributed by atoms with Crippen LogP contribution in [0.2, 0.25) is 0 Å². The topological polar surface area (TPSA) is 55.6 Å². The summed E-state index contributed by atoms with van der Waals surface area (Å²) in [6, 6.07) is -0.0446. The molecule has 0 aliphatic heterocycles. The van der Waals surface area contributed by atoms with Crippen LogP contribution in [0.3, 0.4) is 0 Å². The van der Waals surface area contributed by atoms with Crippen molar-refractivity contribution in [2.75, 3.05) is 26.3 Å². The van der Waals surface area contributed by atoms with E-state index in [4.69, 9.17) is 10.5 Å². The molecule has 0 aromatic rings. The van der Waals surface area contributed by atoms with Crippen molar-refractivity contribution in [3.8, 4) is 0 Å². The van der Waals surface area contributed by atoms with Crippen LogP contribution in [-0.4, -0.2) is 49.3 Å².